The van der Waals surface area contributed by atoms with E-state index in [2.05, 4.69) is 9.88 Å². The molecule has 2 heterocycles. The minimum absolute atomic E-state index is 0.303. The van der Waals surface area contributed by atoms with Gasteiger partial charge in [-0.1, -0.05) is 43.1 Å². The van der Waals surface area contributed by atoms with Crippen LogP contribution in [0.15, 0.2) is 36.4 Å². The van der Waals surface area contributed by atoms with Crippen LogP contribution in [0, 0.1) is 0 Å². The Hall–Kier alpha value is -1.73. The largest absolute Gasteiger partial charge is 0.417 e. The average molecular weight is 459 g/mol. The molecule has 0 saturated carbocycles. The number of aliphatic hydroxyl groups excluding tert-OH is 1. The smallest absolute Gasteiger partial charge is 0.387 e. The standard InChI is InChI=1S/C20H17Cl2F3N2O.C2H6/c21-12-2-4-17-14(8-12)13-5-6-27(9-18(13)26-17)10-19(28)11-1-3-15(16(22)7-11)20(23,24)25;1-2/h1-4,7-8,19,26,28H,5-6,9-10H2;1-2H3. The second-order valence-corrected chi connectivity index (χ2v) is 7.85. The summed E-state index contributed by atoms with van der Waals surface area (Å²) in [4.78, 5) is 5.46. The number of aliphatic hydroxyl groups is 1. The van der Waals surface area contributed by atoms with Crippen molar-refractivity contribution in [3.8, 4) is 0 Å². The van der Waals surface area contributed by atoms with Gasteiger partial charge in [0.2, 0.25) is 0 Å². The zero-order chi connectivity index (χ0) is 22.1. The average Bonchev–Trinajstić information content (AvgIpc) is 3.05. The van der Waals surface area contributed by atoms with E-state index in [0.29, 0.717) is 23.7 Å². The Labute approximate surface area is 183 Å². The topological polar surface area (TPSA) is 39.3 Å². The van der Waals surface area contributed by atoms with Crippen LogP contribution in [0.25, 0.3) is 10.9 Å². The van der Waals surface area contributed by atoms with Crippen molar-refractivity contribution in [3.63, 3.8) is 0 Å². The van der Waals surface area contributed by atoms with E-state index in [4.69, 9.17) is 23.2 Å². The molecule has 4 rings (SSSR count). The normalized spacial score (nSPS) is 15.5. The molecule has 8 heteroatoms. The lowest BCUT2D eigenvalue weighted by Crippen LogP contribution is -2.33. The summed E-state index contributed by atoms with van der Waals surface area (Å²) in [6.45, 7) is 5.65. The molecule has 2 aromatic carbocycles. The predicted octanol–water partition coefficient (Wildman–Crippen LogP) is 6.61. The highest BCUT2D eigenvalue weighted by molar-refractivity contribution is 6.31. The molecule has 162 valence electrons. The van der Waals surface area contributed by atoms with Gasteiger partial charge < -0.3 is 10.1 Å². The van der Waals surface area contributed by atoms with Crippen molar-refractivity contribution in [3.05, 3.63) is 68.8 Å². The Morgan fingerprint density at radius 2 is 1.87 bits per heavy atom. The molecule has 30 heavy (non-hydrogen) atoms. The highest BCUT2D eigenvalue weighted by Crippen LogP contribution is 2.36. The molecule has 0 bridgehead atoms. The van der Waals surface area contributed by atoms with E-state index < -0.39 is 22.9 Å². The van der Waals surface area contributed by atoms with E-state index in [1.54, 1.807) is 0 Å². The quantitative estimate of drug-likeness (QED) is 0.463. The van der Waals surface area contributed by atoms with Crippen LogP contribution in [0.5, 0.6) is 0 Å². The Bertz CT molecular complexity index is 1030. The van der Waals surface area contributed by atoms with Crippen LogP contribution in [0.3, 0.4) is 0 Å². The maximum atomic E-state index is 12.8. The van der Waals surface area contributed by atoms with Crippen molar-refractivity contribution in [1.82, 2.24) is 9.88 Å². The van der Waals surface area contributed by atoms with Crippen molar-refractivity contribution >= 4 is 34.1 Å². The molecule has 1 aliphatic rings. The van der Waals surface area contributed by atoms with Gasteiger partial charge in [-0.25, -0.2) is 0 Å². The monoisotopic (exact) mass is 458 g/mol. The van der Waals surface area contributed by atoms with E-state index in [1.165, 1.54) is 17.7 Å². The van der Waals surface area contributed by atoms with Crippen LogP contribution in [0.1, 0.15) is 42.3 Å². The van der Waals surface area contributed by atoms with Gasteiger partial charge >= 0.3 is 6.18 Å². The van der Waals surface area contributed by atoms with E-state index >= 15 is 0 Å². The highest BCUT2D eigenvalue weighted by atomic mass is 35.5. The summed E-state index contributed by atoms with van der Waals surface area (Å²) >= 11 is 11.9. The van der Waals surface area contributed by atoms with Crippen molar-refractivity contribution in [2.75, 3.05) is 13.1 Å². The third-order valence-corrected chi connectivity index (χ3v) is 5.68. The Morgan fingerprint density at radius 1 is 1.13 bits per heavy atom. The number of rotatable bonds is 3. The first-order chi connectivity index (χ1) is 14.2. The van der Waals surface area contributed by atoms with Crippen LogP contribution in [-0.4, -0.2) is 28.1 Å². The molecule has 0 fully saturated rings. The molecule has 1 aliphatic heterocycles. The van der Waals surface area contributed by atoms with Crippen molar-refractivity contribution in [2.45, 2.75) is 39.1 Å². The molecule has 0 spiro atoms. The van der Waals surface area contributed by atoms with Crippen molar-refractivity contribution in [2.24, 2.45) is 0 Å². The molecule has 1 aromatic heterocycles. The first kappa shape index (κ1) is 22.9. The zero-order valence-electron chi connectivity index (χ0n) is 16.7. The molecule has 1 atom stereocenters. The maximum absolute atomic E-state index is 12.8. The summed E-state index contributed by atoms with van der Waals surface area (Å²) in [6.07, 6.45) is -4.64. The third-order valence-electron chi connectivity index (χ3n) is 5.13. The fourth-order valence-corrected chi connectivity index (χ4v) is 4.21. The van der Waals surface area contributed by atoms with Crippen LogP contribution in [0.2, 0.25) is 10.0 Å². The molecule has 2 N–H and O–H groups in total. The Balaban J connectivity index is 0.00000124. The number of nitrogens with zero attached hydrogens (tertiary/aromatic N) is 1. The van der Waals surface area contributed by atoms with E-state index in [-0.39, 0.29) is 0 Å². The number of nitrogens with one attached hydrogen (secondary N) is 1. The van der Waals surface area contributed by atoms with Crippen molar-refractivity contribution < 1.29 is 18.3 Å². The molecule has 0 saturated heterocycles. The Morgan fingerprint density at radius 3 is 2.53 bits per heavy atom. The number of halogens is 5. The van der Waals surface area contributed by atoms with E-state index in [9.17, 15) is 18.3 Å². The molecular weight excluding hydrogens is 436 g/mol. The van der Waals surface area contributed by atoms with Crippen LogP contribution < -0.4 is 0 Å². The lowest BCUT2D eigenvalue weighted by Gasteiger charge is -2.29. The van der Waals surface area contributed by atoms with Gasteiger partial charge in [0.1, 0.15) is 0 Å². The van der Waals surface area contributed by atoms with Crippen LogP contribution in [-0.2, 0) is 19.1 Å². The van der Waals surface area contributed by atoms with Gasteiger partial charge in [0, 0.05) is 41.3 Å². The number of H-pyrrole nitrogens is 1. The lowest BCUT2D eigenvalue weighted by atomic mass is 10.0. The van der Waals surface area contributed by atoms with E-state index in [1.807, 2.05) is 32.0 Å². The number of hydrogen-bond acceptors (Lipinski definition) is 2. The second kappa shape index (κ2) is 9.18. The van der Waals surface area contributed by atoms with E-state index in [0.717, 1.165) is 35.6 Å². The number of β-amino-alcohol motifs (C(OH)–C–C–N with tert-alkyl or cyclic N) is 1. The van der Waals surface area contributed by atoms with Crippen LogP contribution in [0.4, 0.5) is 13.2 Å². The lowest BCUT2D eigenvalue weighted by molar-refractivity contribution is -0.137. The summed E-state index contributed by atoms with van der Waals surface area (Å²) in [5, 5.41) is 11.9. The number of aromatic amines is 1. The minimum atomic E-state index is -4.51. The number of fused-ring (bicyclic) bond motifs is 3. The summed E-state index contributed by atoms with van der Waals surface area (Å²) in [5.41, 5.74) is 2.78. The number of alkyl halides is 3. The van der Waals surface area contributed by atoms with Gasteiger partial charge in [-0.05, 0) is 47.9 Å². The molecule has 1 unspecified atom stereocenters. The fourth-order valence-electron chi connectivity index (χ4n) is 3.74. The Kier molecular flexibility index (Phi) is 7.02. The molecule has 0 radical (unpaired) electrons. The predicted molar refractivity (Wildman–Crippen MR) is 115 cm³/mol. The van der Waals surface area contributed by atoms with Crippen molar-refractivity contribution in [1.29, 1.82) is 0 Å². The number of benzene rings is 2. The molecule has 3 nitrogen and oxygen atoms in total. The first-order valence-corrected chi connectivity index (χ1v) is 10.5. The van der Waals surface area contributed by atoms with Gasteiger partial charge in [0.05, 0.1) is 16.7 Å². The molecule has 0 amide bonds. The summed E-state index contributed by atoms with van der Waals surface area (Å²) in [7, 11) is 0. The summed E-state index contributed by atoms with van der Waals surface area (Å²) < 4.78 is 38.5. The third kappa shape index (κ3) is 4.78. The number of aromatic nitrogens is 1. The van der Waals surface area contributed by atoms with Gasteiger partial charge in [0.15, 0.2) is 0 Å². The summed E-state index contributed by atoms with van der Waals surface area (Å²) in [6, 6.07) is 9.10. The fraction of sp³-hybridized carbons (Fsp3) is 0.364. The van der Waals surface area contributed by atoms with Gasteiger partial charge in [-0.15, -0.1) is 0 Å². The zero-order valence-corrected chi connectivity index (χ0v) is 18.2. The molecule has 3 aromatic rings. The summed E-state index contributed by atoms with van der Waals surface area (Å²) in [5.74, 6) is 0. The second-order valence-electron chi connectivity index (χ2n) is 7.01. The first-order valence-electron chi connectivity index (χ1n) is 9.78. The molecule has 0 aliphatic carbocycles. The van der Waals surface area contributed by atoms with Gasteiger partial charge in [-0.3, -0.25) is 4.90 Å². The van der Waals surface area contributed by atoms with Crippen LogP contribution >= 0.6 is 23.2 Å². The highest BCUT2D eigenvalue weighted by Gasteiger charge is 2.33. The maximum Gasteiger partial charge on any atom is 0.417 e. The number of hydrogen-bond donors (Lipinski definition) is 2. The molecular formula is C22H23Cl2F3N2O. The SMILES string of the molecule is CC.OC(CN1CCc2c([nH]c3ccc(Cl)cc23)C1)c1ccc(C(F)(F)F)c(Cl)c1. The minimum Gasteiger partial charge on any atom is -0.387 e. The van der Waals surface area contributed by atoms with Gasteiger partial charge in [0.25, 0.3) is 0 Å². The van der Waals surface area contributed by atoms with Gasteiger partial charge in [-0.2, -0.15) is 13.2 Å².